The van der Waals surface area contributed by atoms with Gasteiger partial charge < -0.3 is 14.8 Å². The first kappa shape index (κ1) is 11.6. The van der Waals surface area contributed by atoms with Crippen LogP contribution >= 0.6 is 15.9 Å². The Kier molecular flexibility index (Phi) is 3.58. The van der Waals surface area contributed by atoms with E-state index in [2.05, 4.69) is 21.2 Å². The zero-order chi connectivity index (χ0) is 11.5. The van der Waals surface area contributed by atoms with E-state index in [1.54, 1.807) is 0 Å². The van der Waals surface area contributed by atoms with E-state index >= 15 is 0 Å². The highest BCUT2D eigenvalue weighted by atomic mass is 79.9. The molecule has 1 aromatic rings. The minimum Gasteiger partial charge on any atom is -0.346 e. The van der Waals surface area contributed by atoms with Crippen LogP contribution in [0, 0.1) is 0 Å². The maximum absolute atomic E-state index is 11.1. The molecule has 0 aromatic heterocycles. The molecule has 1 fully saturated rings. The van der Waals surface area contributed by atoms with Gasteiger partial charge in [-0.3, -0.25) is 4.79 Å². The molecule has 16 heavy (non-hydrogen) atoms. The van der Waals surface area contributed by atoms with Crippen molar-refractivity contribution in [3.05, 3.63) is 28.2 Å². The maximum Gasteiger partial charge on any atom is 0.221 e. The summed E-state index contributed by atoms with van der Waals surface area (Å²) in [7, 11) is 0. The largest absolute Gasteiger partial charge is 0.346 e. The molecule has 5 heteroatoms. The number of halogens is 1. The highest BCUT2D eigenvalue weighted by Crippen LogP contribution is 2.35. The molecule has 1 saturated heterocycles. The number of carbonyl (C=O) groups is 1. The Labute approximate surface area is 102 Å². The lowest BCUT2D eigenvalue weighted by molar-refractivity contribution is -0.114. The summed E-state index contributed by atoms with van der Waals surface area (Å²) in [5.74, 6) is -0.114. The van der Waals surface area contributed by atoms with Gasteiger partial charge in [0.2, 0.25) is 5.91 Å². The lowest BCUT2D eigenvalue weighted by Crippen LogP contribution is -2.11. The molecule has 1 aliphatic heterocycles. The van der Waals surface area contributed by atoms with Crippen LogP contribution in [0.5, 0.6) is 0 Å². The number of anilines is 1. The predicted molar refractivity (Wildman–Crippen MR) is 63.1 cm³/mol. The summed E-state index contributed by atoms with van der Waals surface area (Å²) < 4.78 is 11.7. The quantitative estimate of drug-likeness (QED) is 0.908. The van der Waals surface area contributed by atoms with Crippen LogP contribution in [0.3, 0.4) is 0 Å². The van der Waals surface area contributed by atoms with Crippen molar-refractivity contribution in [1.29, 1.82) is 0 Å². The van der Waals surface area contributed by atoms with Crippen LogP contribution in [-0.2, 0) is 14.3 Å². The molecular weight excluding hydrogens is 274 g/mol. The molecular formula is C11H12BrNO3. The van der Waals surface area contributed by atoms with E-state index in [0.717, 1.165) is 10.0 Å². The van der Waals surface area contributed by atoms with Gasteiger partial charge in [-0.1, -0.05) is 22.0 Å². The molecule has 0 unspecified atom stereocenters. The molecule has 0 spiro atoms. The number of benzene rings is 1. The molecule has 0 saturated carbocycles. The molecule has 1 aromatic carbocycles. The van der Waals surface area contributed by atoms with Crippen LogP contribution in [0.2, 0.25) is 0 Å². The Balaban J connectivity index is 2.35. The number of hydrogen-bond donors (Lipinski definition) is 1. The van der Waals surface area contributed by atoms with Crippen molar-refractivity contribution in [2.24, 2.45) is 0 Å². The molecule has 1 N–H and O–H groups in total. The molecule has 86 valence electrons. The Hall–Kier alpha value is -0.910. The molecule has 1 heterocycles. The first-order valence-electron chi connectivity index (χ1n) is 4.97. The summed E-state index contributed by atoms with van der Waals surface area (Å²) in [5.41, 5.74) is 1.55. The van der Waals surface area contributed by atoms with Gasteiger partial charge in [-0.15, -0.1) is 0 Å². The van der Waals surface area contributed by atoms with Crippen LogP contribution in [0.25, 0.3) is 0 Å². The third kappa shape index (κ3) is 2.42. The first-order chi connectivity index (χ1) is 7.68. The Morgan fingerprint density at radius 1 is 1.44 bits per heavy atom. The third-order valence-electron chi connectivity index (χ3n) is 2.22. The van der Waals surface area contributed by atoms with Crippen LogP contribution in [-0.4, -0.2) is 19.1 Å². The van der Waals surface area contributed by atoms with Gasteiger partial charge in [0, 0.05) is 17.0 Å². The minimum atomic E-state index is -0.405. The lowest BCUT2D eigenvalue weighted by Gasteiger charge is -2.16. The second kappa shape index (κ2) is 4.95. The van der Waals surface area contributed by atoms with E-state index in [1.807, 2.05) is 18.2 Å². The second-order valence-electron chi connectivity index (χ2n) is 3.46. The van der Waals surface area contributed by atoms with Crippen molar-refractivity contribution in [1.82, 2.24) is 0 Å². The zero-order valence-electron chi connectivity index (χ0n) is 8.83. The van der Waals surface area contributed by atoms with Crippen molar-refractivity contribution >= 4 is 27.5 Å². The van der Waals surface area contributed by atoms with Crippen molar-refractivity contribution in [2.45, 2.75) is 13.2 Å². The number of nitrogens with one attached hydrogen (secondary N) is 1. The molecule has 0 aliphatic carbocycles. The molecule has 0 bridgehead atoms. The molecule has 4 nitrogen and oxygen atoms in total. The van der Waals surface area contributed by atoms with Gasteiger partial charge in [0.25, 0.3) is 0 Å². The van der Waals surface area contributed by atoms with Crippen molar-refractivity contribution in [3.63, 3.8) is 0 Å². The normalized spacial score (nSPS) is 16.4. The van der Waals surface area contributed by atoms with E-state index in [0.29, 0.717) is 18.9 Å². The Bertz CT molecular complexity index is 402. The Morgan fingerprint density at radius 3 is 2.75 bits per heavy atom. The lowest BCUT2D eigenvalue weighted by atomic mass is 10.1. The van der Waals surface area contributed by atoms with Gasteiger partial charge in [-0.05, 0) is 12.1 Å². The highest BCUT2D eigenvalue weighted by Gasteiger charge is 2.24. The predicted octanol–water partition coefficient (Wildman–Crippen LogP) is 2.45. The van der Waals surface area contributed by atoms with Crippen molar-refractivity contribution < 1.29 is 14.3 Å². The summed E-state index contributed by atoms with van der Waals surface area (Å²) in [6, 6.07) is 5.58. The fourth-order valence-corrected chi connectivity index (χ4v) is 2.15. The maximum atomic E-state index is 11.1. The fourth-order valence-electron chi connectivity index (χ4n) is 1.60. The van der Waals surface area contributed by atoms with Crippen molar-refractivity contribution in [3.8, 4) is 0 Å². The number of amides is 1. The van der Waals surface area contributed by atoms with Gasteiger partial charge in [-0.25, -0.2) is 0 Å². The van der Waals surface area contributed by atoms with E-state index in [-0.39, 0.29) is 5.91 Å². The molecule has 1 aliphatic rings. The monoisotopic (exact) mass is 285 g/mol. The van der Waals surface area contributed by atoms with Gasteiger partial charge in [0.15, 0.2) is 6.29 Å². The first-order valence-corrected chi connectivity index (χ1v) is 5.77. The molecule has 0 radical (unpaired) electrons. The average Bonchev–Trinajstić information content (AvgIpc) is 2.69. The van der Waals surface area contributed by atoms with E-state index in [1.165, 1.54) is 6.92 Å². The smallest absolute Gasteiger partial charge is 0.221 e. The SMILES string of the molecule is CC(=O)Nc1cccc(Br)c1C1OCCO1. The standard InChI is InChI=1S/C11H12BrNO3/c1-7(14)13-9-4-2-3-8(12)10(9)11-15-5-6-16-11/h2-4,11H,5-6H2,1H3,(H,13,14). The van der Waals surface area contributed by atoms with Crippen LogP contribution in [0.4, 0.5) is 5.69 Å². The van der Waals surface area contributed by atoms with Gasteiger partial charge in [0.05, 0.1) is 18.9 Å². The third-order valence-corrected chi connectivity index (χ3v) is 2.91. The number of ether oxygens (including phenoxy) is 2. The van der Waals surface area contributed by atoms with Crippen molar-refractivity contribution in [2.75, 3.05) is 18.5 Å². The van der Waals surface area contributed by atoms with E-state index in [4.69, 9.17) is 9.47 Å². The summed E-state index contributed by atoms with van der Waals surface area (Å²) in [5, 5.41) is 2.76. The van der Waals surface area contributed by atoms with E-state index in [9.17, 15) is 4.79 Å². The molecule has 2 rings (SSSR count). The summed E-state index contributed by atoms with van der Waals surface area (Å²) >= 11 is 3.44. The van der Waals surface area contributed by atoms with Crippen LogP contribution in [0.15, 0.2) is 22.7 Å². The topological polar surface area (TPSA) is 47.6 Å². The van der Waals surface area contributed by atoms with E-state index < -0.39 is 6.29 Å². The van der Waals surface area contributed by atoms with Crippen LogP contribution < -0.4 is 5.32 Å². The van der Waals surface area contributed by atoms with Gasteiger partial charge >= 0.3 is 0 Å². The van der Waals surface area contributed by atoms with Gasteiger partial charge in [-0.2, -0.15) is 0 Å². The average molecular weight is 286 g/mol. The highest BCUT2D eigenvalue weighted by molar-refractivity contribution is 9.10. The fraction of sp³-hybridized carbons (Fsp3) is 0.364. The Morgan fingerprint density at radius 2 is 2.12 bits per heavy atom. The zero-order valence-corrected chi connectivity index (χ0v) is 10.4. The summed E-state index contributed by atoms with van der Waals surface area (Å²) in [4.78, 5) is 11.1. The molecule has 0 atom stereocenters. The number of carbonyl (C=O) groups excluding carboxylic acids is 1. The second-order valence-corrected chi connectivity index (χ2v) is 4.31. The summed E-state index contributed by atoms with van der Waals surface area (Å²) in [6.07, 6.45) is -0.405. The number of hydrogen-bond acceptors (Lipinski definition) is 3. The molecule has 1 amide bonds. The number of rotatable bonds is 2. The van der Waals surface area contributed by atoms with Gasteiger partial charge in [0.1, 0.15) is 0 Å². The summed E-state index contributed by atoms with van der Waals surface area (Å²) in [6.45, 7) is 2.62. The minimum absolute atomic E-state index is 0.114. The van der Waals surface area contributed by atoms with Crippen LogP contribution in [0.1, 0.15) is 18.8 Å².